The molecule has 2 aromatic carbocycles. The summed E-state index contributed by atoms with van der Waals surface area (Å²) in [5.41, 5.74) is 1.28. The lowest BCUT2D eigenvalue weighted by Crippen LogP contribution is -2.29. The quantitative estimate of drug-likeness (QED) is 0.188. The van der Waals surface area contributed by atoms with Gasteiger partial charge in [-0.05, 0) is 61.0 Å². The molecule has 0 radical (unpaired) electrons. The highest BCUT2D eigenvalue weighted by atomic mass is 35.5. The van der Waals surface area contributed by atoms with E-state index < -0.39 is 17.7 Å². The third-order valence-corrected chi connectivity index (χ3v) is 5.88. The highest BCUT2D eigenvalue weighted by Crippen LogP contribution is 2.42. The van der Waals surface area contributed by atoms with Gasteiger partial charge in [0.05, 0.1) is 17.9 Å². The summed E-state index contributed by atoms with van der Waals surface area (Å²) in [6, 6.07) is 17.8. The van der Waals surface area contributed by atoms with Gasteiger partial charge >= 0.3 is 0 Å². The van der Waals surface area contributed by atoms with Crippen molar-refractivity contribution in [2.45, 2.75) is 32.2 Å². The summed E-state index contributed by atoms with van der Waals surface area (Å²) < 4.78 is 5.73. The number of amides is 1. The Labute approximate surface area is 203 Å². The second kappa shape index (κ2) is 10.5. The van der Waals surface area contributed by atoms with Crippen LogP contribution in [0, 0.1) is 0 Å². The minimum Gasteiger partial charge on any atom is -0.507 e. The van der Waals surface area contributed by atoms with Crippen LogP contribution in [-0.2, 0) is 9.59 Å². The van der Waals surface area contributed by atoms with Crippen LogP contribution < -0.4 is 9.64 Å². The number of anilines is 1. The number of hydrogen-bond acceptors (Lipinski definition) is 5. The standard InChI is InChI=1S/C27H25ClN2O4/c1-2-3-6-16-34-21-13-11-18(12-14-21)25(31)23-24(22-10-4-5-15-29-22)30(27(33)26(23)32)20-9-7-8-19(28)17-20/h4-5,7-15,17,24,31H,2-3,6,16H2,1H3/b25-23+. The maximum absolute atomic E-state index is 13.1. The summed E-state index contributed by atoms with van der Waals surface area (Å²) in [4.78, 5) is 32.0. The smallest absolute Gasteiger partial charge is 0.300 e. The van der Waals surface area contributed by atoms with Crippen molar-refractivity contribution in [2.24, 2.45) is 0 Å². The highest BCUT2D eigenvalue weighted by Gasteiger charge is 2.47. The largest absolute Gasteiger partial charge is 0.507 e. The normalized spacial score (nSPS) is 17.2. The number of carbonyl (C=O) groups is 2. The number of aromatic nitrogens is 1. The van der Waals surface area contributed by atoms with Gasteiger partial charge in [-0.1, -0.05) is 43.5 Å². The zero-order valence-electron chi connectivity index (χ0n) is 18.8. The summed E-state index contributed by atoms with van der Waals surface area (Å²) in [5, 5.41) is 11.6. The van der Waals surface area contributed by atoms with E-state index in [0.29, 0.717) is 34.3 Å². The molecule has 0 bridgehead atoms. The Hall–Kier alpha value is -3.64. The van der Waals surface area contributed by atoms with Gasteiger partial charge < -0.3 is 9.84 Å². The second-order valence-corrected chi connectivity index (χ2v) is 8.42. The fraction of sp³-hybridized carbons (Fsp3) is 0.222. The van der Waals surface area contributed by atoms with E-state index in [9.17, 15) is 14.7 Å². The number of pyridine rings is 1. The van der Waals surface area contributed by atoms with E-state index in [2.05, 4.69) is 11.9 Å². The Morgan fingerprint density at radius 1 is 1.06 bits per heavy atom. The van der Waals surface area contributed by atoms with Crippen molar-refractivity contribution >= 4 is 34.7 Å². The lowest BCUT2D eigenvalue weighted by molar-refractivity contribution is -0.132. The van der Waals surface area contributed by atoms with Crippen LogP contribution in [0.5, 0.6) is 5.75 Å². The average molecular weight is 477 g/mol. The van der Waals surface area contributed by atoms with Gasteiger partial charge in [-0.25, -0.2) is 0 Å². The number of ether oxygens (including phenoxy) is 1. The molecule has 7 heteroatoms. The summed E-state index contributed by atoms with van der Waals surface area (Å²) in [6.45, 7) is 2.75. The van der Waals surface area contributed by atoms with Gasteiger partial charge in [0.1, 0.15) is 17.6 Å². The van der Waals surface area contributed by atoms with Crippen LogP contribution in [0.25, 0.3) is 5.76 Å². The third kappa shape index (κ3) is 4.82. The highest BCUT2D eigenvalue weighted by molar-refractivity contribution is 6.51. The lowest BCUT2D eigenvalue weighted by Gasteiger charge is -2.24. The van der Waals surface area contributed by atoms with Crippen molar-refractivity contribution < 1.29 is 19.4 Å². The molecule has 1 saturated heterocycles. The maximum atomic E-state index is 13.1. The van der Waals surface area contributed by atoms with E-state index in [4.69, 9.17) is 16.3 Å². The van der Waals surface area contributed by atoms with Gasteiger partial charge in [0.15, 0.2) is 0 Å². The number of Topliss-reactive ketones (excluding diaryl/α,β-unsaturated/α-hetero) is 1. The van der Waals surface area contributed by atoms with Crippen molar-refractivity contribution in [3.8, 4) is 5.75 Å². The van der Waals surface area contributed by atoms with Crippen molar-refractivity contribution in [3.63, 3.8) is 0 Å². The van der Waals surface area contributed by atoms with E-state index in [-0.39, 0.29) is 11.3 Å². The molecule has 1 aliphatic rings. The third-order valence-electron chi connectivity index (χ3n) is 5.64. The molecule has 6 nitrogen and oxygen atoms in total. The van der Waals surface area contributed by atoms with Crippen LogP contribution >= 0.6 is 11.6 Å². The van der Waals surface area contributed by atoms with E-state index in [1.54, 1.807) is 72.9 Å². The predicted octanol–water partition coefficient (Wildman–Crippen LogP) is 5.93. The zero-order chi connectivity index (χ0) is 24.1. The molecule has 174 valence electrons. The fourth-order valence-electron chi connectivity index (χ4n) is 3.95. The molecule has 4 rings (SSSR count). The Morgan fingerprint density at radius 2 is 1.85 bits per heavy atom. The number of nitrogens with zero attached hydrogens (tertiary/aromatic N) is 2. The van der Waals surface area contributed by atoms with Gasteiger partial charge in [-0.15, -0.1) is 0 Å². The summed E-state index contributed by atoms with van der Waals surface area (Å²) in [7, 11) is 0. The van der Waals surface area contributed by atoms with Crippen LogP contribution in [0.1, 0.15) is 43.5 Å². The van der Waals surface area contributed by atoms with Gasteiger partial charge in [0.2, 0.25) is 0 Å². The molecule has 1 N–H and O–H groups in total. The Bertz CT molecular complexity index is 1210. The Kier molecular flexibility index (Phi) is 7.28. The number of halogens is 1. The summed E-state index contributed by atoms with van der Waals surface area (Å²) >= 11 is 6.15. The topological polar surface area (TPSA) is 79.7 Å². The van der Waals surface area contributed by atoms with Gasteiger partial charge in [0, 0.05) is 22.5 Å². The molecular weight excluding hydrogens is 452 g/mol. The molecule has 2 heterocycles. The minimum atomic E-state index is -0.898. The SMILES string of the molecule is CCCCCOc1ccc(/C(O)=C2\C(=O)C(=O)N(c3cccc(Cl)c3)C2c2ccccn2)cc1. The molecule has 3 aromatic rings. The van der Waals surface area contributed by atoms with Gasteiger partial charge in [-0.3, -0.25) is 19.5 Å². The first kappa shape index (κ1) is 23.5. The molecule has 1 atom stereocenters. The Morgan fingerprint density at radius 3 is 2.53 bits per heavy atom. The number of benzene rings is 2. The minimum absolute atomic E-state index is 0.0275. The molecule has 1 aromatic heterocycles. The van der Waals surface area contributed by atoms with E-state index in [0.717, 1.165) is 19.3 Å². The fourth-order valence-corrected chi connectivity index (χ4v) is 4.13. The first-order valence-corrected chi connectivity index (χ1v) is 11.6. The second-order valence-electron chi connectivity index (χ2n) is 7.98. The molecule has 34 heavy (non-hydrogen) atoms. The molecule has 1 unspecified atom stereocenters. The molecule has 1 aliphatic heterocycles. The van der Waals surface area contributed by atoms with Crippen molar-refractivity contribution in [1.82, 2.24) is 4.98 Å². The number of hydrogen-bond donors (Lipinski definition) is 1. The van der Waals surface area contributed by atoms with E-state index in [1.807, 2.05) is 0 Å². The molecule has 0 aliphatic carbocycles. The number of aliphatic hydroxyl groups excluding tert-OH is 1. The molecule has 0 spiro atoms. The number of unbranched alkanes of at least 4 members (excludes halogenated alkanes) is 2. The number of aliphatic hydroxyl groups is 1. The van der Waals surface area contributed by atoms with E-state index in [1.165, 1.54) is 4.90 Å². The van der Waals surface area contributed by atoms with Gasteiger partial charge in [0.25, 0.3) is 11.7 Å². The van der Waals surface area contributed by atoms with Crippen LogP contribution in [0.3, 0.4) is 0 Å². The van der Waals surface area contributed by atoms with Crippen LogP contribution in [0.2, 0.25) is 5.02 Å². The molecule has 1 fully saturated rings. The first-order valence-electron chi connectivity index (χ1n) is 11.2. The Balaban J connectivity index is 1.74. The predicted molar refractivity (Wildman–Crippen MR) is 132 cm³/mol. The summed E-state index contributed by atoms with van der Waals surface area (Å²) in [6.07, 6.45) is 4.76. The van der Waals surface area contributed by atoms with E-state index >= 15 is 0 Å². The van der Waals surface area contributed by atoms with Crippen LogP contribution in [-0.4, -0.2) is 28.4 Å². The van der Waals surface area contributed by atoms with Crippen LogP contribution in [0.15, 0.2) is 78.5 Å². The van der Waals surface area contributed by atoms with Crippen molar-refractivity contribution in [3.05, 3.63) is 94.8 Å². The molecule has 0 saturated carbocycles. The maximum Gasteiger partial charge on any atom is 0.300 e. The van der Waals surface area contributed by atoms with Crippen molar-refractivity contribution in [1.29, 1.82) is 0 Å². The van der Waals surface area contributed by atoms with Crippen LogP contribution in [0.4, 0.5) is 5.69 Å². The zero-order valence-corrected chi connectivity index (χ0v) is 19.5. The number of carbonyl (C=O) groups excluding carboxylic acids is 2. The molecule has 1 amide bonds. The number of ketones is 1. The molecular formula is C27H25ClN2O4. The van der Waals surface area contributed by atoms with Gasteiger partial charge in [-0.2, -0.15) is 0 Å². The monoisotopic (exact) mass is 476 g/mol. The number of rotatable bonds is 8. The summed E-state index contributed by atoms with van der Waals surface area (Å²) in [5.74, 6) is -1.13. The average Bonchev–Trinajstić information content (AvgIpc) is 3.13. The lowest BCUT2D eigenvalue weighted by atomic mass is 9.98. The first-order chi connectivity index (χ1) is 16.5. The van der Waals surface area contributed by atoms with Crippen molar-refractivity contribution in [2.75, 3.05) is 11.5 Å².